The quantitative estimate of drug-likeness (QED) is 0.656. The molecule has 0 aliphatic carbocycles. The highest BCUT2D eigenvalue weighted by atomic mass is 16.6. The molecule has 6 heteroatoms. The zero-order valence-electron chi connectivity index (χ0n) is 12.4. The highest BCUT2D eigenvalue weighted by Crippen LogP contribution is 2.25. The average Bonchev–Trinajstić information content (AvgIpc) is 2.54. The molecule has 22 heavy (non-hydrogen) atoms. The molecule has 2 N–H and O–H groups in total. The molecule has 0 spiro atoms. The zero-order valence-corrected chi connectivity index (χ0v) is 12.4. The number of amides is 1. The van der Waals surface area contributed by atoms with Gasteiger partial charge in [-0.3, -0.25) is 14.9 Å². The minimum Gasteiger partial charge on any atom is -0.383 e. The Bertz CT molecular complexity index is 686. The number of nitrogens with one attached hydrogen (secondary N) is 2. The third-order valence-electron chi connectivity index (χ3n) is 3.37. The highest BCUT2D eigenvalue weighted by Gasteiger charge is 2.18. The molecule has 0 aliphatic heterocycles. The summed E-state index contributed by atoms with van der Waals surface area (Å²) in [6.45, 7) is 1.86. The molecule has 0 aromatic heterocycles. The fourth-order valence-electron chi connectivity index (χ4n) is 2.14. The van der Waals surface area contributed by atoms with Gasteiger partial charge in [-0.25, -0.2) is 0 Å². The first-order chi connectivity index (χ1) is 10.5. The van der Waals surface area contributed by atoms with E-state index in [2.05, 4.69) is 10.6 Å². The van der Waals surface area contributed by atoms with E-state index in [9.17, 15) is 14.9 Å². The Morgan fingerprint density at radius 2 is 1.86 bits per heavy atom. The number of anilines is 1. The maximum Gasteiger partial charge on any atom is 0.293 e. The van der Waals surface area contributed by atoms with E-state index in [1.807, 2.05) is 37.3 Å². The number of rotatable bonds is 5. The molecule has 1 amide bonds. The predicted molar refractivity (Wildman–Crippen MR) is 85.0 cm³/mol. The van der Waals surface area contributed by atoms with Gasteiger partial charge in [0, 0.05) is 18.7 Å². The number of nitro groups is 1. The van der Waals surface area contributed by atoms with Crippen molar-refractivity contribution >= 4 is 17.3 Å². The van der Waals surface area contributed by atoms with E-state index in [4.69, 9.17) is 0 Å². The third kappa shape index (κ3) is 3.41. The minimum atomic E-state index is -0.511. The summed E-state index contributed by atoms with van der Waals surface area (Å²) in [6.07, 6.45) is 0. The normalized spacial score (nSPS) is 11.5. The lowest BCUT2D eigenvalue weighted by Gasteiger charge is -2.14. The molecule has 0 saturated heterocycles. The molecule has 0 fully saturated rings. The lowest BCUT2D eigenvalue weighted by Crippen LogP contribution is -2.26. The Balaban J connectivity index is 2.19. The van der Waals surface area contributed by atoms with Crippen molar-refractivity contribution in [2.24, 2.45) is 0 Å². The van der Waals surface area contributed by atoms with E-state index in [-0.39, 0.29) is 23.2 Å². The van der Waals surface area contributed by atoms with Gasteiger partial charge in [-0.15, -0.1) is 0 Å². The van der Waals surface area contributed by atoms with Gasteiger partial charge in [0.1, 0.15) is 5.69 Å². The number of nitrogens with zero attached hydrogens (tertiary/aromatic N) is 1. The van der Waals surface area contributed by atoms with Crippen molar-refractivity contribution in [3.05, 3.63) is 69.8 Å². The summed E-state index contributed by atoms with van der Waals surface area (Å²) in [5, 5.41) is 16.6. The van der Waals surface area contributed by atoms with Crippen LogP contribution in [0.1, 0.15) is 28.9 Å². The number of carbonyl (C=O) groups excluding carboxylic acids is 1. The first-order valence-corrected chi connectivity index (χ1v) is 6.85. The largest absolute Gasteiger partial charge is 0.383 e. The Morgan fingerprint density at radius 1 is 1.18 bits per heavy atom. The van der Waals surface area contributed by atoms with E-state index < -0.39 is 4.92 Å². The Hall–Kier alpha value is -2.89. The van der Waals surface area contributed by atoms with Gasteiger partial charge < -0.3 is 10.6 Å². The van der Waals surface area contributed by atoms with Crippen molar-refractivity contribution in [1.29, 1.82) is 0 Å². The number of benzene rings is 2. The fraction of sp³-hybridized carbons (Fsp3) is 0.188. The number of hydrogen-bond acceptors (Lipinski definition) is 4. The SMILES string of the molecule is CNc1ccc(C(=O)N[C@@H](C)c2ccccc2)cc1[N+](=O)[O-]. The molecule has 0 aliphatic rings. The van der Waals surface area contributed by atoms with Gasteiger partial charge >= 0.3 is 0 Å². The van der Waals surface area contributed by atoms with Crippen molar-refractivity contribution in [1.82, 2.24) is 5.32 Å². The molecular weight excluding hydrogens is 282 g/mol. The maximum atomic E-state index is 12.2. The Kier molecular flexibility index (Phi) is 4.73. The van der Waals surface area contributed by atoms with Crippen LogP contribution in [0.15, 0.2) is 48.5 Å². The van der Waals surface area contributed by atoms with Crippen LogP contribution in [0.2, 0.25) is 0 Å². The van der Waals surface area contributed by atoms with Gasteiger partial charge in [0.25, 0.3) is 11.6 Å². The van der Waals surface area contributed by atoms with E-state index in [0.717, 1.165) is 5.56 Å². The molecule has 0 bridgehead atoms. The standard InChI is InChI=1S/C16H17N3O3/c1-11(12-6-4-3-5-7-12)18-16(20)13-8-9-14(17-2)15(10-13)19(21)22/h3-11,17H,1-2H3,(H,18,20)/t11-/m0/s1. The van der Waals surface area contributed by atoms with Crippen molar-refractivity contribution in [2.45, 2.75) is 13.0 Å². The van der Waals surface area contributed by atoms with Crippen molar-refractivity contribution in [2.75, 3.05) is 12.4 Å². The number of nitro benzene ring substituents is 1. The molecule has 6 nitrogen and oxygen atoms in total. The van der Waals surface area contributed by atoms with Gasteiger partial charge in [-0.05, 0) is 24.6 Å². The van der Waals surface area contributed by atoms with Crippen molar-refractivity contribution in [3.63, 3.8) is 0 Å². The summed E-state index contributed by atoms with van der Waals surface area (Å²) < 4.78 is 0. The van der Waals surface area contributed by atoms with Gasteiger partial charge in [-0.1, -0.05) is 30.3 Å². The average molecular weight is 299 g/mol. The summed E-state index contributed by atoms with van der Waals surface area (Å²) >= 11 is 0. The van der Waals surface area contributed by atoms with Crippen LogP contribution in [-0.4, -0.2) is 17.9 Å². The summed E-state index contributed by atoms with van der Waals surface area (Å²) in [5.74, 6) is -0.345. The van der Waals surface area contributed by atoms with Crippen LogP contribution < -0.4 is 10.6 Å². The van der Waals surface area contributed by atoms with E-state index in [0.29, 0.717) is 5.69 Å². The van der Waals surface area contributed by atoms with Gasteiger partial charge in [0.15, 0.2) is 0 Å². The van der Waals surface area contributed by atoms with Gasteiger partial charge in [0.05, 0.1) is 11.0 Å². The molecule has 2 rings (SSSR count). The van der Waals surface area contributed by atoms with Gasteiger partial charge in [-0.2, -0.15) is 0 Å². The smallest absolute Gasteiger partial charge is 0.293 e. The Labute approximate surface area is 128 Å². The second-order valence-electron chi connectivity index (χ2n) is 4.84. The molecule has 0 radical (unpaired) electrons. The van der Waals surface area contributed by atoms with Crippen LogP contribution in [0.4, 0.5) is 11.4 Å². The molecule has 114 valence electrons. The lowest BCUT2D eigenvalue weighted by atomic mass is 10.1. The molecule has 0 heterocycles. The summed E-state index contributed by atoms with van der Waals surface area (Å²) in [7, 11) is 1.60. The molecule has 1 atom stereocenters. The van der Waals surface area contributed by atoms with Crippen LogP contribution in [0.25, 0.3) is 0 Å². The highest BCUT2D eigenvalue weighted by molar-refractivity contribution is 5.96. The van der Waals surface area contributed by atoms with Crippen LogP contribution >= 0.6 is 0 Å². The predicted octanol–water partition coefficient (Wildman–Crippen LogP) is 3.13. The first-order valence-electron chi connectivity index (χ1n) is 6.85. The molecule has 2 aromatic carbocycles. The fourth-order valence-corrected chi connectivity index (χ4v) is 2.14. The van der Waals surface area contributed by atoms with E-state index in [1.54, 1.807) is 13.1 Å². The van der Waals surface area contributed by atoms with E-state index >= 15 is 0 Å². The monoisotopic (exact) mass is 299 g/mol. The Morgan fingerprint density at radius 3 is 2.45 bits per heavy atom. The molecule has 0 unspecified atom stereocenters. The second-order valence-corrected chi connectivity index (χ2v) is 4.84. The minimum absolute atomic E-state index is 0.123. The van der Waals surface area contributed by atoms with Gasteiger partial charge in [0.2, 0.25) is 0 Å². The van der Waals surface area contributed by atoms with Crippen LogP contribution in [0.5, 0.6) is 0 Å². The summed E-state index contributed by atoms with van der Waals surface area (Å²) in [5.41, 5.74) is 1.48. The van der Waals surface area contributed by atoms with Crippen LogP contribution in [-0.2, 0) is 0 Å². The van der Waals surface area contributed by atoms with Crippen molar-refractivity contribution in [3.8, 4) is 0 Å². The summed E-state index contributed by atoms with van der Waals surface area (Å²) in [6, 6.07) is 13.7. The number of carbonyl (C=O) groups is 1. The van der Waals surface area contributed by atoms with Crippen molar-refractivity contribution < 1.29 is 9.72 Å². The first kappa shape index (κ1) is 15.5. The maximum absolute atomic E-state index is 12.2. The lowest BCUT2D eigenvalue weighted by molar-refractivity contribution is -0.384. The molecule has 2 aromatic rings. The zero-order chi connectivity index (χ0) is 16.1. The van der Waals surface area contributed by atoms with Crippen LogP contribution in [0.3, 0.4) is 0 Å². The summed E-state index contributed by atoms with van der Waals surface area (Å²) in [4.78, 5) is 22.8. The topological polar surface area (TPSA) is 84.3 Å². The second kappa shape index (κ2) is 6.71. The van der Waals surface area contributed by atoms with E-state index in [1.165, 1.54) is 12.1 Å². The number of hydrogen-bond donors (Lipinski definition) is 2. The molecule has 0 saturated carbocycles. The third-order valence-corrected chi connectivity index (χ3v) is 3.37. The molecular formula is C16H17N3O3. The van der Waals surface area contributed by atoms with Crippen LogP contribution in [0, 0.1) is 10.1 Å².